The molecule has 1 aliphatic rings. The van der Waals surface area contributed by atoms with Crippen LogP contribution in [0.25, 0.3) is 0 Å². The van der Waals surface area contributed by atoms with E-state index in [2.05, 4.69) is 0 Å². The number of rotatable bonds is 7. The predicted molar refractivity (Wildman–Crippen MR) is 70.5 cm³/mol. The Labute approximate surface area is 114 Å². The molecule has 0 radical (unpaired) electrons. The van der Waals surface area contributed by atoms with Gasteiger partial charge in [0, 0.05) is 39.9 Å². The fourth-order valence-electron chi connectivity index (χ4n) is 2.04. The first kappa shape index (κ1) is 16.4. The van der Waals surface area contributed by atoms with E-state index in [0.717, 1.165) is 0 Å². The Morgan fingerprint density at radius 2 is 1.89 bits per heavy atom. The second kappa shape index (κ2) is 7.18. The lowest BCUT2D eigenvalue weighted by atomic mass is 10.2. The van der Waals surface area contributed by atoms with Gasteiger partial charge >= 0.3 is 5.97 Å². The number of aliphatic carboxylic acids is 1. The van der Waals surface area contributed by atoms with Gasteiger partial charge in [0.2, 0.25) is 10.0 Å². The largest absolute Gasteiger partial charge is 0.480 e. The third-order valence-corrected chi connectivity index (χ3v) is 5.28. The number of methoxy groups -OCH3 is 1. The second-order valence-electron chi connectivity index (χ2n) is 4.61. The molecular weight excluding hydrogens is 272 g/mol. The van der Waals surface area contributed by atoms with E-state index in [4.69, 9.17) is 9.84 Å². The molecule has 0 bridgehead atoms. The molecule has 0 aliphatic carbocycles. The summed E-state index contributed by atoms with van der Waals surface area (Å²) < 4.78 is 30.3. The molecule has 1 atom stereocenters. The molecule has 1 saturated heterocycles. The normalized spacial score (nSPS) is 20.3. The lowest BCUT2D eigenvalue weighted by molar-refractivity contribution is -0.143. The minimum atomic E-state index is -3.25. The maximum Gasteiger partial charge on any atom is 0.320 e. The molecule has 1 rings (SSSR count). The van der Waals surface area contributed by atoms with Crippen molar-refractivity contribution in [1.29, 1.82) is 0 Å². The average molecular weight is 294 g/mol. The molecule has 0 amide bonds. The molecule has 0 aromatic heterocycles. The summed E-state index contributed by atoms with van der Waals surface area (Å²) in [6.45, 7) is 3.66. The van der Waals surface area contributed by atoms with Gasteiger partial charge in [0.1, 0.15) is 6.04 Å². The maximum atomic E-state index is 12.0. The predicted octanol–water partition coefficient (Wildman–Crippen LogP) is -0.557. The Morgan fingerprint density at radius 3 is 2.37 bits per heavy atom. The number of carboxylic acid groups (broad SMARTS) is 1. The molecule has 1 N–H and O–H groups in total. The first-order valence-electron chi connectivity index (χ1n) is 6.32. The van der Waals surface area contributed by atoms with Crippen molar-refractivity contribution in [3.63, 3.8) is 0 Å². The lowest BCUT2D eigenvalue weighted by Crippen LogP contribution is -2.53. The summed E-state index contributed by atoms with van der Waals surface area (Å²) in [5.41, 5.74) is 0. The maximum absolute atomic E-state index is 12.0. The number of ether oxygens (including phenoxy) is 1. The first-order chi connectivity index (χ1) is 8.88. The molecule has 0 aromatic rings. The number of piperazine rings is 1. The van der Waals surface area contributed by atoms with E-state index in [9.17, 15) is 13.2 Å². The van der Waals surface area contributed by atoms with Gasteiger partial charge < -0.3 is 9.84 Å². The molecule has 1 heterocycles. The summed E-state index contributed by atoms with van der Waals surface area (Å²) >= 11 is 0. The molecule has 0 spiro atoms. The Balaban J connectivity index is 2.46. The van der Waals surface area contributed by atoms with Crippen LogP contribution in [0.15, 0.2) is 0 Å². The third kappa shape index (κ3) is 4.72. The summed E-state index contributed by atoms with van der Waals surface area (Å²) in [6.07, 6.45) is 0.477. The van der Waals surface area contributed by atoms with Crippen molar-refractivity contribution in [3.8, 4) is 0 Å². The highest BCUT2D eigenvalue weighted by Gasteiger charge is 2.30. The van der Waals surface area contributed by atoms with Crippen LogP contribution in [0.4, 0.5) is 0 Å². The number of nitrogens with zero attached hydrogens (tertiary/aromatic N) is 2. The van der Waals surface area contributed by atoms with Gasteiger partial charge in [-0.05, 0) is 13.3 Å². The van der Waals surface area contributed by atoms with Crippen molar-refractivity contribution in [2.45, 2.75) is 19.4 Å². The summed E-state index contributed by atoms with van der Waals surface area (Å²) in [5, 5.41) is 8.92. The quantitative estimate of drug-likeness (QED) is 0.634. The SMILES string of the molecule is COCCCS(=O)(=O)N1CCN(C(C)C(=O)O)CC1. The van der Waals surface area contributed by atoms with Crippen molar-refractivity contribution >= 4 is 16.0 Å². The number of hydrogen-bond acceptors (Lipinski definition) is 5. The topological polar surface area (TPSA) is 87.2 Å². The van der Waals surface area contributed by atoms with Gasteiger partial charge in [0.15, 0.2) is 0 Å². The van der Waals surface area contributed by atoms with E-state index in [0.29, 0.717) is 39.2 Å². The molecule has 1 unspecified atom stereocenters. The minimum Gasteiger partial charge on any atom is -0.480 e. The zero-order chi connectivity index (χ0) is 14.5. The highest BCUT2D eigenvalue weighted by Crippen LogP contribution is 2.11. The highest BCUT2D eigenvalue weighted by molar-refractivity contribution is 7.89. The van der Waals surface area contributed by atoms with Crippen LogP contribution < -0.4 is 0 Å². The molecule has 0 saturated carbocycles. The van der Waals surface area contributed by atoms with E-state index in [1.54, 1.807) is 18.9 Å². The van der Waals surface area contributed by atoms with Crippen LogP contribution in [0.2, 0.25) is 0 Å². The Kier molecular flexibility index (Phi) is 6.18. The van der Waals surface area contributed by atoms with Crippen LogP contribution in [-0.4, -0.2) is 80.4 Å². The second-order valence-corrected chi connectivity index (χ2v) is 6.70. The summed E-state index contributed by atoms with van der Waals surface area (Å²) in [4.78, 5) is 12.6. The smallest absolute Gasteiger partial charge is 0.320 e. The number of hydrogen-bond donors (Lipinski definition) is 1. The van der Waals surface area contributed by atoms with Crippen molar-refractivity contribution in [2.24, 2.45) is 0 Å². The van der Waals surface area contributed by atoms with Gasteiger partial charge in [-0.25, -0.2) is 8.42 Å². The van der Waals surface area contributed by atoms with Crippen LogP contribution in [-0.2, 0) is 19.6 Å². The molecular formula is C11H22N2O5S. The van der Waals surface area contributed by atoms with Gasteiger partial charge in [0.25, 0.3) is 0 Å². The highest BCUT2D eigenvalue weighted by atomic mass is 32.2. The van der Waals surface area contributed by atoms with Gasteiger partial charge in [-0.15, -0.1) is 0 Å². The molecule has 8 heteroatoms. The Bertz CT molecular complexity index is 390. The van der Waals surface area contributed by atoms with Crippen LogP contribution in [0, 0.1) is 0 Å². The average Bonchev–Trinajstić information content (AvgIpc) is 2.38. The molecule has 7 nitrogen and oxygen atoms in total. The van der Waals surface area contributed by atoms with Crippen LogP contribution in [0.3, 0.4) is 0 Å². The van der Waals surface area contributed by atoms with Crippen molar-refractivity contribution < 1.29 is 23.1 Å². The van der Waals surface area contributed by atoms with Gasteiger partial charge in [0.05, 0.1) is 5.75 Å². The summed E-state index contributed by atoms with van der Waals surface area (Å²) in [7, 11) is -1.71. The fourth-order valence-corrected chi connectivity index (χ4v) is 3.50. The molecule has 19 heavy (non-hydrogen) atoms. The third-order valence-electron chi connectivity index (χ3n) is 3.32. The van der Waals surface area contributed by atoms with Crippen LogP contribution >= 0.6 is 0 Å². The van der Waals surface area contributed by atoms with E-state index < -0.39 is 22.0 Å². The first-order valence-corrected chi connectivity index (χ1v) is 7.93. The minimum absolute atomic E-state index is 0.0787. The van der Waals surface area contributed by atoms with E-state index in [1.807, 2.05) is 0 Å². The summed E-state index contributed by atoms with van der Waals surface area (Å²) in [6, 6.07) is -0.571. The molecule has 1 fully saturated rings. The van der Waals surface area contributed by atoms with Gasteiger partial charge in [-0.1, -0.05) is 0 Å². The zero-order valence-corrected chi connectivity index (χ0v) is 12.2. The number of sulfonamides is 1. The van der Waals surface area contributed by atoms with Crippen molar-refractivity contribution in [2.75, 3.05) is 45.6 Å². The standard InChI is InChI=1S/C11H22N2O5S/c1-10(11(14)15)12-4-6-13(7-5-12)19(16,17)9-3-8-18-2/h10H,3-9H2,1-2H3,(H,14,15). The number of carboxylic acids is 1. The monoisotopic (exact) mass is 294 g/mol. The van der Waals surface area contributed by atoms with Gasteiger partial charge in [-0.2, -0.15) is 4.31 Å². The van der Waals surface area contributed by atoms with Crippen LogP contribution in [0.5, 0.6) is 0 Å². The van der Waals surface area contributed by atoms with Crippen molar-refractivity contribution in [3.05, 3.63) is 0 Å². The number of carbonyl (C=O) groups is 1. The molecule has 112 valence electrons. The summed E-state index contributed by atoms with van der Waals surface area (Å²) in [5.74, 6) is -0.800. The Morgan fingerprint density at radius 1 is 1.32 bits per heavy atom. The molecule has 1 aliphatic heterocycles. The lowest BCUT2D eigenvalue weighted by Gasteiger charge is -2.35. The van der Waals surface area contributed by atoms with Crippen molar-refractivity contribution in [1.82, 2.24) is 9.21 Å². The van der Waals surface area contributed by atoms with E-state index in [-0.39, 0.29) is 5.75 Å². The van der Waals surface area contributed by atoms with E-state index >= 15 is 0 Å². The zero-order valence-electron chi connectivity index (χ0n) is 11.4. The van der Waals surface area contributed by atoms with Gasteiger partial charge in [-0.3, -0.25) is 9.69 Å². The van der Waals surface area contributed by atoms with Crippen LogP contribution in [0.1, 0.15) is 13.3 Å². The Hall–Kier alpha value is -0.700. The van der Waals surface area contributed by atoms with E-state index in [1.165, 1.54) is 4.31 Å². The fraction of sp³-hybridized carbons (Fsp3) is 0.909. The molecule has 0 aromatic carbocycles.